The molecule has 0 radical (unpaired) electrons. The molecule has 0 saturated carbocycles. The standard InChI is InChI=1S/C26H32N4/c1-5-8-9-10-11-12-20(6-2)26(22-14-16-25(27)21(7-3)17-22)23-13-15-24(29-18-23)19-30-28-4/h5,7-18,28,30H,3,6,19,27H2,1-2,4H3/b8-5-,10-9-,12-11+,26-20-. The van der Waals surface area contributed by atoms with Gasteiger partial charge >= 0.3 is 0 Å². The third-order valence-corrected chi connectivity index (χ3v) is 4.68. The Bertz CT molecular complexity index is 947. The van der Waals surface area contributed by atoms with Crippen molar-refractivity contribution in [2.45, 2.75) is 26.8 Å². The zero-order valence-electron chi connectivity index (χ0n) is 18.2. The molecule has 0 aliphatic carbocycles. The first-order valence-electron chi connectivity index (χ1n) is 10.2. The number of anilines is 1. The highest BCUT2D eigenvalue weighted by Gasteiger charge is 2.12. The second kappa shape index (κ2) is 12.4. The number of aromatic nitrogens is 1. The van der Waals surface area contributed by atoms with Crippen LogP contribution in [0.4, 0.5) is 5.69 Å². The first kappa shape index (κ1) is 23.1. The lowest BCUT2D eigenvalue weighted by Gasteiger charge is -2.15. The molecule has 4 N–H and O–H groups in total. The van der Waals surface area contributed by atoms with E-state index in [4.69, 9.17) is 5.73 Å². The van der Waals surface area contributed by atoms with E-state index in [0.29, 0.717) is 6.54 Å². The van der Waals surface area contributed by atoms with Gasteiger partial charge in [-0.1, -0.05) is 68.2 Å². The highest BCUT2D eigenvalue weighted by Crippen LogP contribution is 2.31. The third-order valence-electron chi connectivity index (χ3n) is 4.68. The van der Waals surface area contributed by atoms with Crippen molar-refractivity contribution in [2.24, 2.45) is 0 Å². The first-order chi connectivity index (χ1) is 14.6. The van der Waals surface area contributed by atoms with E-state index < -0.39 is 0 Å². The molecule has 0 amide bonds. The Kier molecular flexibility index (Phi) is 9.52. The van der Waals surface area contributed by atoms with Crippen LogP contribution in [0.2, 0.25) is 0 Å². The summed E-state index contributed by atoms with van der Waals surface area (Å²) in [6.07, 6.45) is 16.9. The van der Waals surface area contributed by atoms with Gasteiger partial charge in [0.2, 0.25) is 0 Å². The molecule has 156 valence electrons. The van der Waals surface area contributed by atoms with Crippen molar-refractivity contribution in [2.75, 3.05) is 12.8 Å². The Morgan fingerprint density at radius 3 is 2.50 bits per heavy atom. The smallest absolute Gasteiger partial charge is 0.0556 e. The molecule has 1 aromatic heterocycles. The number of hydrazine groups is 1. The van der Waals surface area contributed by atoms with Gasteiger partial charge < -0.3 is 5.73 Å². The molecule has 4 nitrogen and oxygen atoms in total. The molecule has 0 saturated heterocycles. The lowest BCUT2D eigenvalue weighted by molar-refractivity contribution is 0.588. The van der Waals surface area contributed by atoms with Crippen LogP contribution in [0, 0.1) is 0 Å². The summed E-state index contributed by atoms with van der Waals surface area (Å²) < 4.78 is 0. The van der Waals surface area contributed by atoms with Gasteiger partial charge in [-0.3, -0.25) is 15.8 Å². The van der Waals surface area contributed by atoms with Crippen LogP contribution in [0.3, 0.4) is 0 Å². The normalized spacial score (nSPS) is 12.8. The number of nitrogen functional groups attached to an aromatic ring is 1. The summed E-state index contributed by atoms with van der Waals surface area (Å²) >= 11 is 0. The van der Waals surface area contributed by atoms with E-state index in [9.17, 15) is 0 Å². The van der Waals surface area contributed by atoms with E-state index in [-0.39, 0.29) is 0 Å². The lowest BCUT2D eigenvalue weighted by atomic mass is 9.91. The van der Waals surface area contributed by atoms with Crippen molar-refractivity contribution in [1.29, 1.82) is 0 Å². The summed E-state index contributed by atoms with van der Waals surface area (Å²) in [6, 6.07) is 10.3. The average molecular weight is 401 g/mol. The number of allylic oxidation sites excluding steroid dienone is 7. The fraction of sp³-hybridized carbons (Fsp3) is 0.192. The highest BCUT2D eigenvalue weighted by molar-refractivity contribution is 5.85. The van der Waals surface area contributed by atoms with Gasteiger partial charge in [-0.2, -0.15) is 0 Å². The van der Waals surface area contributed by atoms with Crippen molar-refractivity contribution in [1.82, 2.24) is 15.8 Å². The number of hydrogen-bond acceptors (Lipinski definition) is 4. The van der Waals surface area contributed by atoms with E-state index in [0.717, 1.165) is 40.1 Å². The molecule has 2 rings (SSSR count). The minimum atomic E-state index is 0.661. The van der Waals surface area contributed by atoms with Crippen LogP contribution in [-0.2, 0) is 6.54 Å². The molecule has 0 atom stereocenters. The average Bonchev–Trinajstić information content (AvgIpc) is 2.78. The summed E-state index contributed by atoms with van der Waals surface area (Å²) in [7, 11) is 1.85. The quantitative estimate of drug-likeness (QED) is 0.283. The van der Waals surface area contributed by atoms with Gasteiger partial charge in [0, 0.05) is 17.4 Å². The predicted molar refractivity (Wildman–Crippen MR) is 130 cm³/mol. The third kappa shape index (κ3) is 6.41. The van der Waals surface area contributed by atoms with Gasteiger partial charge in [-0.05, 0) is 60.9 Å². The zero-order valence-corrected chi connectivity index (χ0v) is 18.2. The van der Waals surface area contributed by atoms with Gasteiger partial charge in [-0.15, -0.1) is 0 Å². The van der Waals surface area contributed by atoms with Crippen LogP contribution < -0.4 is 16.6 Å². The Labute approximate surface area is 180 Å². The van der Waals surface area contributed by atoms with E-state index >= 15 is 0 Å². The zero-order chi connectivity index (χ0) is 21.8. The summed E-state index contributed by atoms with van der Waals surface area (Å²) in [4.78, 5) is 4.63. The largest absolute Gasteiger partial charge is 0.398 e. The van der Waals surface area contributed by atoms with Crippen molar-refractivity contribution in [3.05, 3.63) is 108 Å². The summed E-state index contributed by atoms with van der Waals surface area (Å²) in [5.41, 5.74) is 19.3. The van der Waals surface area contributed by atoms with E-state index in [1.807, 2.05) is 56.6 Å². The number of nitrogens with zero attached hydrogens (tertiary/aromatic N) is 1. The molecule has 0 unspecified atom stereocenters. The Morgan fingerprint density at radius 1 is 1.10 bits per heavy atom. The van der Waals surface area contributed by atoms with Crippen molar-refractivity contribution in [3.63, 3.8) is 0 Å². The second-order valence-electron chi connectivity index (χ2n) is 6.71. The highest BCUT2D eigenvalue weighted by atomic mass is 15.3. The summed E-state index contributed by atoms with van der Waals surface area (Å²) in [6.45, 7) is 8.73. The molecular formula is C26H32N4. The maximum Gasteiger partial charge on any atom is 0.0556 e. The van der Waals surface area contributed by atoms with E-state index in [1.165, 1.54) is 5.57 Å². The topological polar surface area (TPSA) is 63.0 Å². The molecule has 4 heteroatoms. The fourth-order valence-corrected chi connectivity index (χ4v) is 3.09. The molecule has 0 spiro atoms. The first-order valence-corrected chi connectivity index (χ1v) is 10.2. The SMILES string of the molecule is C=Cc1cc(/C(=C(/C=C/C=C\C=C/C)CC)c2ccc(CNNC)nc2)ccc1N. The van der Waals surface area contributed by atoms with Gasteiger partial charge in [0.1, 0.15) is 0 Å². The predicted octanol–water partition coefficient (Wildman–Crippen LogP) is 5.43. The van der Waals surface area contributed by atoms with Crippen molar-refractivity contribution in [3.8, 4) is 0 Å². The van der Waals surface area contributed by atoms with Crippen LogP contribution in [0.5, 0.6) is 0 Å². The number of rotatable bonds is 10. The van der Waals surface area contributed by atoms with E-state index in [1.54, 1.807) is 6.08 Å². The number of hydrogen-bond donors (Lipinski definition) is 3. The fourth-order valence-electron chi connectivity index (χ4n) is 3.09. The van der Waals surface area contributed by atoms with Crippen LogP contribution in [-0.4, -0.2) is 12.0 Å². The lowest BCUT2D eigenvalue weighted by Crippen LogP contribution is -2.27. The molecule has 1 aromatic carbocycles. The molecule has 0 aliphatic heterocycles. The molecule has 30 heavy (non-hydrogen) atoms. The molecule has 0 bridgehead atoms. The Hall–Kier alpha value is -3.21. The monoisotopic (exact) mass is 400 g/mol. The van der Waals surface area contributed by atoms with Crippen LogP contribution >= 0.6 is 0 Å². The van der Waals surface area contributed by atoms with Gasteiger partial charge in [0.15, 0.2) is 0 Å². The van der Waals surface area contributed by atoms with Crippen molar-refractivity contribution < 1.29 is 0 Å². The Morgan fingerprint density at radius 2 is 1.87 bits per heavy atom. The number of nitrogens with one attached hydrogen (secondary N) is 2. The minimum absolute atomic E-state index is 0.661. The molecule has 1 heterocycles. The van der Waals surface area contributed by atoms with Gasteiger partial charge in [-0.25, -0.2) is 0 Å². The molecular weight excluding hydrogens is 368 g/mol. The van der Waals surface area contributed by atoms with Crippen LogP contribution in [0.1, 0.15) is 42.7 Å². The maximum absolute atomic E-state index is 6.10. The Balaban J connectivity index is 2.57. The number of benzene rings is 1. The number of nitrogens with two attached hydrogens (primary N) is 1. The van der Waals surface area contributed by atoms with Gasteiger partial charge in [0.25, 0.3) is 0 Å². The molecule has 0 aliphatic rings. The van der Waals surface area contributed by atoms with Crippen LogP contribution in [0.15, 0.2) is 85.1 Å². The minimum Gasteiger partial charge on any atom is -0.398 e. The summed E-state index contributed by atoms with van der Waals surface area (Å²) in [5.74, 6) is 0. The van der Waals surface area contributed by atoms with E-state index in [2.05, 4.69) is 59.7 Å². The van der Waals surface area contributed by atoms with Crippen LogP contribution in [0.25, 0.3) is 11.6 Å². The maximum atomic E-state index is 6.10. The van der Waals surface area contributed by atoms with Gasteiger partial charge in [0.05, 0.1) is 12.2 Å². The molecule has 0 fully saturated rings. The van der Waals surface area contributed by atoms with Crippen molar-refractivity contribution >= 4 is 17.3 Å². The second-order valence-corrected chi connectivity index (χ2v) is 6.71. The molecule has 2 aromatic rings. The summed E-state index contributed by atoms with van der Waals surface area (Å²) in [5, 5.41) is 0. The number of pyridine rings is 1.